The summed E-state index contributed by atoms with van der Waals surface area (Å²) in [6.45, 7) is 0. The lowest BCUT2D eigenvalue weighted by Crippen LogP contribution is -2.25. The molecule has 5 nitrogen and oxygen atoms in total. The van der Waals surface area contributed by atoms with Crippen molar-refractivity contribution >= 4 is 33.6 Å². The van der Waals surface area contributed by atoms with Gasteiger partial charge in [-0.15, -0.1) is 0 Å². The average Bonchev–Trinajstić information content (AvgIpc) is 3.28. The highest BCUT2D eigenvalue weighted by molar-refractivity contribution is 9.10. The molecule has 3 aromatic rings. The fourth-order valence-corrected chi connectivity index (χ4v) is 3.94. The Labute approximate surface area is 196 Å². The molecule has 6 heteroatoms. The third-order valence-electron chi connectivity index (χ3n) is 5.33. The van der Waals surface area contributed by atoms with E-state index in [1.807, 2.05) is 72.8 Å². The van der Waals surface area contributed by atoms with Crippen molar-refractivity contribution < 1.29 is 14.3 Å². The van der Waals surface area contributed by atoms with Crippen LogP contribution < -0.4 is 9.47 Å². The van der Waals surface area contributed by atoms with E-state index in [4.69, 9.17) is 14.6 Å². The first-order valence-corrected chi connectivity index (χ1v) is 11.0. The van der Waals surface area contributed by atoms with E-state index < -0.39 is 0 Å². The van der Waals surface area contributed by atoms with Gasteiger partial charge in [-0.05, 0) is 47.5 Å². The number of halogens is 1. The molecule has 0 saturated carbocycles. The molecule has 0 radical (unpaired) electrons. The van der Waals surface area contributed by atoms with Gasteiger partial charge in [-0.25, -0.2) is 5.01 Å². The lowest BCUT2D eigenvalue weighted by Gasteiger charge is -2.23. The second-order valence-corrected chi connectivity index (χ2v) is 8.22. The van der Waals surface area contributed by atoms with Crippen LogP contribution in [-0.4, -0.2) is 30.8 Å². The van der Waals surface area contributed by atoms with Crippen molar-refractivity contribution in [3.05, 3.63) is 100 Å². The highest BCUT2D eigenvalue weighted by atomic mass is 79.9. The second kappa shape index (κ2) is 9.83. The predicted molar refractivity (Wildman–Crippen MR) is 130 cm³/mol. The van der Waals surface area contributed by atoms with Crippen LogP contribution in [0.25, 0.3) is 6.08 Å². The van der Waals surface area contributed by atoms with Crippen molar-refractivity contribution in [3.63, 3.8) is 0 Å². The standard InChI is InChI=1S/C26H23BrN2O3/c1-31-21-13-14-25(32-2)22(16-21)24-17-23(19-9-11-20(27)12-10-19)28-29(24)26(30)15-8-18-6-4-3-5-7-18/h3-16,24H,17H2,1-2H3. The van der Waals surface area contributed by atoms with Crippen LogP contribution in [0.2, 0.25) is 0 Å². The van der Waals surface area contributed by atoms with Crippen molar-refractivity contribution in [3.8, 4) is 11.5 Å². The number of methoxy groups -OCH3 is 2. The molecular weight excluding hydrogens is 468 g/mol. The van der Waals surface area contributed by atoms with Crippen LogP contribution in [-0.2, 0) is 4.79 Å². The van der Waals surface area contributed by atoms with Crippen molar-refractivity contribution in [2.75, 3.05) is 14.2 Å². The molecule has 3 aromatic carbocycles. The molecule has 1 atom stereocenters. The highest BCUT2D eigenvalue weighted by Crippen LogP contribution is 2.39. The molecule has 4 rings (SSSR count). The number of ether oxygens (including phenoxy) is 2. The molecule has 0 aromatic heterocycles. The van der Waals surface area contributed by atoms with E-state index in [1.165, 1.54) is 5.01 Å². The van der Waals surface area contributed by atoms with Gasteiger partial charge in [-0.1, -0.05) is 58.4 Å². The number of amides is 1. The van der Waals surface area contributed by atoms with Gasteiger partial charge in [0.25, 0.3) is 5.91 Å². The zero-order valence-electron chi connectivity index (χ0n) is 17.9. The van der Waals surface area contributed by atoms with Gasteiger partial charge in [0.2, 0.25) is 0 Å². The minimum Gasteiger partial charge on any atom is -0.497 e. The Kier molecular flexibility index (Phi) is 6.71. The molecule has 162 valence electrons. The molecule has 0 fully saturated rings. The Balaban J connectivity index is 1.72. The van der Waals surface area contributed by atoms with Crippen LogP contribution in [0, 0.1) is 0 Å². The SMILES string of the molecule is COc1ccc(OC)c(C2CC(c3ccc(Br)cc3)=NN2C(=O)C=Cc2ccccc2)c1. The van der Waals surface area contributed by atoms with Gasteiger partial charge in [-0.2, -0.15) is 5.10 Å². The van der Waals surface area contributed by atoms with Crippen molar-refractivity contribution in [1.29, 1.82) is 0 Å². The molecule has 1 aliphatic heterocycles. The van der Waals surface area contributed by atoms with Crippen molar-refractivity contribution in [2.24, 2.45) is 5.10 Å². The molecule has 0 bridgehead atoms. The Morgan fingerprint density at radius 3 is 2.47 bits per heavy atom. The smallest absolute Gasteiger partial charge is 0.267 e. The maximum atomic E-state index is 13.2. The first-order chi connectivity index (χ1) is 15.6. The Hall–Kier alpha value is -3.38. The third kappa shape index (κ3) is 4.75. The fraction of sp³-hybridized carbons (Fsp3) is 0.154. The van der Waals surface area contributed by atoms with E-state index in [2.05, 4.69) is 15.9 Å². The van der Waals surface area contributed by atoms with Gasteiger partial charge in [-0.3, -0.25) is 4.79 Å². The minimum absolute atomic E-state index is 0.198. The Bertz CT molecular complexity index is 1160. The highest BCUT2D eigenvalue weighted by Gasteiger charge is 2.34. The molecule has 0 spiro atoms. The minimum atomic E-state index is -0.313. The van der Waals surface area contributed by atoms with E-state index in [0.717, 1.165) is 26.9 Å². The maximum Gasteiger partial charge on any atom is 0.267 e. The van der Waals surface area contributed by atoms with Gasteiger partial charge in [0.15, 0.2) is 0 Å². The summed E-state index contributed by atoms with van der Waals surface area (Å²) in [4.78, 5) is 13.2. The van der Waals surface area contributed by atoms with Crippen LogP contribution in [0.3, 0.4) is 0 Å². The summed E-state index contributed by atoms with van der Waals surface area (Å²) in [6.07, 6.45) is 3.93. The van der Waals surface area contributed by atoms with Gasteiger partial charge >= 0.3 is 0 Å². The molecule has 1 aliphatic rings. The number of hydrogen-bond acceptors (Lipinski definition) is 4. The largest absolute Gasteiger partial charge is 0.497 e. The first kappa shape index (κ1) is 21.8. The molecule has 0 N–H and O–H groups in total. The summed E-state index contributed by atoms with van der Waals surface area (Å²) < 4.78 is 12.0. The maximum absolute atomic E-state index is 13.2. The van der Waals surface area contributed by atoms with Crippen LogP contribution in [0.4, 0.5) is 0 Å². The number of nitrogens with zero attached hydrogens (tertiary/aromatic N) is 2. The molecule has 1 unspecified atom stereocenters. The van der Waals surface area contributed by atoms with Crippen molar-refractivity contribution in [1.82, 2.24) is 5.01 Å². The van der Waals surface area contributed by atoms with E-state index in [9.17, 15) is 4.79 Å². The number of benzene rings is 3. The van der Waals surface area contributed by atoms with Gasteiger partial charge < -0.3 is 9.47 Å². The van der Waals surface area contributed by atoms with E-state index in [0.29, 0.717) is 17.9 Å². The molecule has 0 saturated heterocycles. The van der Waals surface area contributed by atoms with E-state index in [-0.39, 0.29) is 11.9 Å². The summed E-state index contributed by atoms with van der Waals surface area (Å²) in [7, 11) is 3.24. The summed E-state index contributed by atoms with van der Waals surface area (Å²) in [6, 6.07) is 23.0. The summed E-state index contributed by atoms with van der Waals surface area (Å²) in [5.74, 6) is 1.19. The molecule has 32 heavy (non-hydrogen) atoms. The van der Waals surface area contributed by atoms with Crippen molar-refractivity contribution in [2.45, 2.75) is 12.5 Å². The monoisotopic (exact) mass is 490 g/mol. The number of carbonyl (C=O) groups is 1. The lowest BCUT2D eigenvalue weighted by molar-refractivity contribution is -0.127. The van der Waals surface area contributed by atoms with Crippen LogP contribution >= 0.6 is 15.9 Å². The van der Waals surface area contributed by atoms with Gasteiger partial charge in [0, 0.05) is 22.5 Å². The topological polar surface area (TPSA) is 51.1 Å². The van der Waals surface area contributed by atoms with Crippen LogP contribution in [0.1, 0.15) is 29.2 Å². The molecule has 1 amide bonds. The zero-order valence-corrected chi connectivity index (χ0v) is 19.5. The molecular formula is C26H23BrN2O3. The zero-order chi connectivity index (χ0) is 22.5. The Morgan fingerprint density at radius 2 is 1.78 bits per heavy atom. The number of hydrazone groups is 1. The number of rotatable bonds is 6. The summed E-state index contributed by atoms with van der Waals surface area (Å²) in [5.41, 5.74) is 3.62. The van der Waals surface area contributed by atoms with Crippen LogP contribution in [0.15, 0.2) is 88.4 Å². The average molecular weight is 491 g/mol. The van der Waals surface area contributed by atoms with Gasteiger partial charge in [0.05, 0.1) is 26.0 Å². The second-order valence-electron chi connectivity index (χ2n) is 7.31. The van der Waals surface area contributed by atoms with Crippen LogP contribution in [0.5, 0.6) is 11.5 Å². The number of hydrogen-bond donors (Lipinski definition) is 0. The lowest BCUT2D eigenvalue weighted by atomic mass is 9.97. The predicted octanol–water partition coefficient (Wildman–Crippen LogP) is 5.86. The summed E-state index contributed by atoms with van der Waals surface area (Å²) >= 11 is 3.47. The normalized spacial score (nSPS) is 15.7. The molecule has 0 aliphatic carbocycles. The quantitative estimate of drug-likeness (QED) is 0.406. The molecule has 1 heterocycles. The number of carbonyl (C=O) groups excluding carboxylic acids is 1. The first-order valence-electron chi connectivity index (χ1n) is 10.2. The van der Waals surface area contributed by atoms with E-state index >= 15 is 0 Å². The Morgan fingerprint density at radius 1 is 1.03 bits per heavy atom. The summed E-state index contributed by atoms with van der Waals surface area (Å²) in [5, 5.41) is 6.26. The van der Waals surface area contributed by atoms with E-state index in [1.54, 1.807) is 26.4 Å². The third-order valence-corrected chi connectivity index (χ3v) is 5.86. The van der Waals surface area contributed by atoms with Gasteiger partial charge in [0.1, 0.15) is 11.5 Å². The fourth-order valence-electron chi connectivity index (χ4n) is 3.68.